The van der Waals surface area contributed by atoms with Crippen molar-refractivity contribution in [3.8, 4) is 0 Å². The van der Waals surface area contributed by atoms with Crippen LogP contribution >= 0.6 is 0 Å². The molecule has 0 aromatic carbocycles. The number of rotatable bonds is 0. The molecule has 2 fully saturated rings. The SMILES string of the molecule is C[C@@H]1C2CC[C@H](C2)C1(C)C. The molecule has 2 aliphatic rings. The van der Waals surface area contributed by atoms with Gasteiger partial charge in [-0.3, -0.25) is 0 Å². The second kappa shape index (κ2) is 1.78. The van der Waals surface area contributed by atoms with Crippen LogP contribution in [0.4, 0.5) is 0 Å². The second-order valence-electron chi connectivity index (χ2n) is 4.88. The van der Waals surface area contributed by atoms with Gasteiger partial charge in [-0.1, -0.05) is 20.8 Å². The Morgan fingerprint density at radius 3 is 2.20 bits per heavy atom. The molecule has 2 bridgehead atoms. The maximum absolute atomic E-state index is 2.46. The van der Waals surface area contributed by atoms with Crippen LogP contribution in [0.5, 0.6) is 0 Å². The van der Waals surface area contributed by atoms with Gasteiger partial charge in [-0.25, -0.2) is 0 Å². The van der Waals surface area contributed by atoms with Gasteiger partial charge in [-0.05, 0) is 42.4 Å². The summed E-state index contributed by atoms with van der Waals surface area (Å²) in [4.78, 5) is 0. The van der Waals surface area contributed by atoms with Crippen molar-refractivity contribution >= 4 is 0 Å². The summed E-state index contributed by atoms with van der Waals surface area (Å²) in [7, 11) is 0. The average molecular weight is 138 g/mol. The lowest BCUT2D eigenvalue weighted by Gasteiger charge is -2.35. The normalized spacial score (nSPS) is 50.1. The van der Waals surface area contributed by atoms with Gasteiger partial charge in [0.1, 0.15) is 0 Å². The molecule has 0 aliphatic heterocycles. The van der Waals surface area contributed by atoms with Crippen molar-refractivity contribution in [3.05, 3.63) is 0 Å². The minimum atomic E-state index is 0.670. The van der Waals surface area contributed by atoms with Gasteiger partial charge in [0.05, 0.1) is 0 Å². The first-order valence-electron chi connectivity index (χ1n) is 4.62. The molecule has 1 unspecified atom stereocenters. The van der Waals surface area contributed by atoms with Gasteiger partial charge in [0, 0.05) is 0 Å². The third-order valence-corrected chi connectivity index (χ3v) is 4.41. The van der Waals surface area contributed by atoms with Crippen molar-refractivity contribution in [2.45, 2.75) is 40.0 Å². The molecule has 0 spiro atoms. The van der Waals surface area contributed by atoms with E-state index in [0.29, 0.717) is 5.41 Å². The van der Waals surface area contributed by atoms with Crippen molar-refractivity contribution in [2.24, 2.45) is 23.2 Å². The Labute approximate surface area is 64.0 Å². The maximum atomic E-state index is 2.46. The Morgan fingerprint density at radius 2 is 1.90 bits per heavy atom. The molecule has 3 atom stereocenters. The summed E-state index contributed by atoms with van der Waals surface area (Å²) in [5.41, 5.74) is 0.670. The fourth-order valence-electron chi connectivity index (χ4n) is 3.13. The highest BCUT2D eigenvalue weighted by Crippen LogP contribution is 2.58. The molecule has 0 saturated heterocycles. The standard InChI is InChI=1S/C10H18/c1-7-8-4-5-9(6-8)10(7,2)3/h7-9H,4-6H2,1-3H3/t7-,8?,9-/m1/s1. The molecule has 0 heteroatoms. The third-order valence-electron chi connectivity index (χ3n) is 4.41. The summed E-state index contributed by atoms with van der Waals surface area (Å²) in [6.07, 6.45) is 4.57. The quantitative estimate of drug-likeness (QED) is 0.482. The van der Waals surface area contributed by atoms with E-state index in [1.165, 1.54) is 19.3 Å². The van der Waals surface area contributed by atoms with Gasteiger partial charge in [-0.15, -0.1) is 0 Å². The summed E-state index contributed by atoms with van der Waals surface area (Å²) in [6.45, 7) is 7.37. The van der Waals surface area contributed by atoms with Crippen LogP contribution < -0.4 is 0 Å². The zero-order chi connectivity index (χ0) is 7.35. The fourth-order valence-corrected chi connectivity index (χ4v) is 3.13. The van der Waals surface area contributed by atoms with E-state index in [1.54, 1.807) is 0 Å². The van der Waals surface area contributed by atoms with Gasteiger partial charge >= 0.3 is 0 Å². The monoisotopic (exact) mass is 138 g/mol. The van der Waals surface area contributed by atoms with Crippen LogP contribution in [0.3, 0.4) is 0 Å². The molecule has 0 aromatic rings. The van der Waals surface area contributed by atoms with E-state index < -0.39 is 0 Å². The maximum Gasteiger partial charge on any atom is -0.0297 e. The molecule has 0 amide bonds. The summed E-state index contributed by atoms with van der Waals surface area (Å²) in [5.74, 6) is 3.14. The van der Waals surface area contributed by atoms with Crippen LogP contribution in [0, 0.1) is 23.2 Å². The molecule has 0 nitrogen and oxygen atoms in total. The van der Waals surface area contributed by atoms with E-state index in [0.717, 1.165) is 17.8 Å². The summed E-state index contributed by atoms with van der Waals surface area (Å²) in [6, 6.07) is 0. The Morgan fingerprint density at radius 1 is 1.20 bits per heavy atom. The number of hydrogen-bond donors (Lipinski definition) is 0. The average Bonchev–Trinajstić information content (AvgIpc) is 2.37. The van der Waals surface area contributed by atoms with Crippen molar-refractivity contribution in [1.29, 1.82) is 0 Å². The topological polar surface area (TPSA) is 0 Å². The first-order valence-corrected chi connectivity index (χ1v) is 4.62. The van der Waals surface area contributed by atoms with Crippen LogP contribution in [0.15, 0.2) is 0 Å². The minimum Gasteiger partial charge on any atom is -0.0617 e. The molecular formula is C10H18. The van der Waals surface area contributed by atoms with Crippen molar-refractivity contribution < 1.29 is 0 Å². The van der Waals surface area contributed by atoms with E-state index in [4.69, 9.17) is 0 Å². The molecule has 0 heterocycles. The van der Waals surface area contributed by atoms with E-state index in [-0.39, 0.29) is 0 Å². The lowest BCUT2D eigenvalue weighted by molar-refractivity contribution is 0.137. The Hall–Kier alpha value is 0. The molecule has 0 N–H and O–H groups in total. The predicted octanol–water partition coefficient (Wildman–Crippen LogP) is 3.08. The van der Waals surface area contributed by atoms with Crippen LogP contribution in [0.25, 0.3) is 0 Å². The van der Waals surface area contributed by atoms with Gasteiger partial charge in [0.25, 0.3) is 0 Å². The Kier molecular flexibility index (Phi) is 1.19. The molecule has 2 rings (SSSR count). The second-order valence-corrected chi connectivity index (χ2v) is 4.88. The molecule has 0 aromatic heterocycles. The van der Waals surface area contributed by atoms with Crippen LogP contribution in [0.1, 0.15) is 40.0 Å². The number of fused-ring (bicyclic) bond motifs is 2. The third kappa shape index (κ3) is 0.627. The predicted molar refractivity (Wildman–Crippen MR) is 43.8 cm³/mol. The lowest BCUT2D eigenvalue weighted by atomic mass is 9.70. The van der Waals surface area contributed by atoms with Crippen LogP contribution in [0.2, 0.25) is 0 Å². The Bertz CT molecular complexity index is 142. The molecule has 0 radical (unpaired) electrons. The van der Waals surface area contributed by atoms with Crippen LogP contribution in [-0.4, -0.2) is 0 Å². The highest BCUT2D eigenvalue weighted by molar-refractivity contribution is 4.99. The molecule has 58 valence electrons. The molecule has 10 heavy (non-hydrogen) atoms. The summed E-state index contributed by atoms with van der Waals surface area (Å²) < 4.78 is 0. The molecule has 2 saturated carbocycles. The van der Waals surface area contributed by atoms with Crippen LogP contribution in [-0.2, 0) is 0 Å². The Balaban J connectivity index is 2.25. The van der Waals surface area contributed by atoms with Gasteiger partial charge in [0.15, 0.2) is 0 Å². The molecule has 2 aliphatic carbocycles. The van der Waals surface area contributed by atoms with Gasteiger partial charge in [0.2, 0.25) is 0 Å². The van der Waals surface area contributed by atoms with Gasteiger partial charge in [-0.2, -0.15) is 0 Å². The minimum absolute atomic E-state index is 0.670. The number of hydrogen-bond acceptors (Lipinski definition) is 0. The van der Waals surface area contributed by atoms with Crippen molar-refractivity contribution in [3.63, 3.8) is 0 Å². The first kappa shape index (κ1) is 6.69. The zero-order valence-electron chi connectivity index (χ0n) is 7.35. The van der Waals surface area contributed by atoms with E-state index in [1.807, 2.05) is 0 Å². The molecular weight excluding hydrogens is 120 g/mol. The fraction of sp³-hybridized carbons (Fsp3) is 1.00. The highest BCUT2D eigenvalue weighted by Gasteiger charge is 2.50. The van der Waals surface area contributed by atoms with Gasteiger partial charge < -0.3 is 0 Å². The largest absolute Gasteiger partial charge is 0.0617 e. The smallest absolute Gasteiger partial charge is 0.0297 e. The van der Waals surface area contributed by atoms with Crippen molar-refractivity contribution in [2.75, 3.05) is 0 Å². The van der Waals surface area contributed by atoms with E-state index in [2.05, 4.69) is 20.8 Å². The zero-order valence-corrected chi connectivity index (χ0v) is 7.35. The van der Waals surface area contributed by atoms with E-state index in [9.17, 15) is 0 Å². The summed E-state index contributed by atoms with van der Waals surface area (Å²) >= 11 is 0. The lowest BCUT2D eigenvalue weighted by Crippen LogP contribution is -2.28. The van der Waals surface area contributed by atoms with E-state index >= 15 is 0 Å². The van der Waals surface area contributed by atoms with Crippen molar-refractivity contribution in [1.82, 2.24) is 0 Å². The highest BCUT2D eigenvalue weighted by atomic mass is 14.5. The first-order chi connectivity index (χ1) is 4.62. The summed E-state index contributed by atoms with van der Waals surface area (Å²) in [5, 5.41) is 0.